The van der Waals surface area contributed by atoms with Crippen molar-refractivity contribution in [1.82, 2.24) is 4.98 Å². The van der Waals surface area contributed by atoms with Crippen molar-refractivity contribution in [2.24, 2.45) is 0 Å². The maximum atomic E-state index is 14.3. The van der Waals surface area contributed by atoms with Crippen LogP contribution < -0.4 is 10.6 Å². The van der Waals surface area contributed by atoms with Crippen LogP contribution in [0.25, 0.3) is 0 Å². The number of rotatable bonds is 7. The number of hydrogen-bond donors (Lipinski definition) is 4. The number of amides is 2. The van der Waals surface area contributed by atoms with Crippen LogP contribution in [0.5, 0.6) is 11.5 Å². The van der Waals surface area contributed by atoms with Crippen molar-refractivity contribution in [2.45, 2.75) is 43.4 Å². The van der Waals surface area contributed by atoms with E-state index in [1.54, 1.807) is 42.6 Å². The highest BCUT2D eigenvalue weighted by molar-refractivity contribution is 6.11. The number of anilines is 2. The third kappa shape index (κ3) is 5.44. The molecule has 0 saturated carbocycles. The average Bonchev–Trinajstić information content (AvgIpc) is 3.57. The Morgan fingerprint density at radius 2 is 1.20 bits per heavy atom. The van der Waals surface area contributed by atoms with Gasteiger partial charge in [-0.3, -0.25) is 14.6 Å². The maximum absolute atomic E-state index is 14.3. The Bertz CT molecular complexity index is 2040. The standard InChI is InChI=1S/C19H12F2N2O2.C19H19F2NO2/c20-15-8-7-14-17(16(15)21)23-18(25)19(14,12-2-1-9-22-10-12)11-3-5-13(24)6-4-11;1-2-3-4-11-19(12-5-7-13(23)8-6-12)14-9-10-15(20)16(21)17(14)22-18(19)24/h1-10,24H,(H,23,25);5-10,23H,2-4,11H2,1H3,(H,22,24). The Kier molecular flexibility index (Phi) is 8.85. The van der Waals surface area contributed by atoms with E-state index in [9.17, 15) is 37.4 Å². The summed E-state index contributed by atoms with van der Waals surface area (Å²) in [6.07, 6.45) is 6.28. The van der Waals surface area contributed by atoms with Crippen molar-refractivity contribution in [2.75, 3.05) is 10.6 Å². The monoisotopic (exact) mass is 669 g/mol. The molecule has 0 aliphatic carbocycles. The highest BCUT2D eigenvalue weighted by Gasteiger charge is 2.51. The predicted octanol–water partition coefficient (Wildman–Crippen LogP) is 7.84. The van der Waals surface area contributed by atoms with E-state index in [2.05, 4.69) is 22.5 Å². The molecule has 250 valence electrons. The fraction of sp³-hybridized carbons (Fsp3) is 0.184. The fourth-order valence-electron chi connectivity index (χ4n) is 6.79. The van der Waals surface area contributed by atoms with E-state index in [1.807, 2.05) is 0 Å². The molecule has 7 rings (SSSR count). The van der Waals surface area contributed by atoms with Gasteiger partial charge in [0.1, 0.15) is 22.3 Å². The minimum Gasteiger partial charge on any atom is -0.508 e. The highest BCUT2D eigenvalue weighted by Crippen LogP contribution is 2.50. The topological polar surface area (TPSA) is 112 Å². The zero-order valence-corrected chi connectivity index (χ0v) is 26.2. The molecule has 2 aliphatic heterocycles. The number of carbonyl (C=O) groups excluding carboxylic acids is 2. The first-order valence-electron chi connectivity index (χ1n) is 15.6. The molecule has 1 aromatic heterocycles. The Morgan fingerprint density at radius 1 is 0.653 bits per heavy atom. The number of pyridine rings is 1. The van der Waals surface area contributed by atoms with Gasteiger partial charge in [-0.05, 0) is 71.1 Å². The first-order chi connectivity index (χ1) is 23.5. The second-order valence-electron chi connectivity index (χ2n) is 11.9. The molecule has 2 amide bonds. The van der Waals surface area contributed by atoms with Crippen molar-refractivity contribution in [3.05, 3.63) is 148 Å². The van der Waals surface area contributed by atoms with Crippen molar-refractivity contribution in [3.63, 3.8) is 0 Å². The number of hydrogen-bond acceptors (Lipinski definition) is 5. The molecular weight excluding hydrogens is 638 g/mol. The summed E-state index contributed by atoms with van der Waals surface area (Å²) in [5.41, 5.74) is -0.254. The smallest absolute Gasteiger partial charge is 0.244 e. The number of nitrogens with zero attached hydrogens (tertiary/aromatic N) is 1. The van der Waals surface area contributed by atoms with E-state index >= 15 is 0 Å². The lowest BCUT2D eigenvalue weighted by Crippen LogP contribution is -2.37. The second kappa shape index (κ2) is 13.1. The number of fused-ring (bicyclic) bond motifs is 2. The number of halogens is 4. The molecule has 0 bridgehead atoms. The second-order valence-corrected chi connectivity index (χ2v) is 11.9. The van der Waals surface area contributed by atoms with Gasteiger partial charge in [0.05, 0.1) is 11.4 Å². The first-order valence-corrected chi connectivity index (χ1v) is 15.6. The van der Waals surface area contributed by atoms with Crippen LogP contribution in [0.3, 0.4) is 0 Å². The molecule has 49 heavy (non-hydrogen) atoms. The van der Waals surface area contributed by atoms with Crippen LogP contribution in [0.2, 0.25) is 0 Å². The van der Waals surface area contributed by atoms with Gasteiger partial charge in [0, 0.05) is 18.0 Å². The van der Waals surface area contributed by atoms with E-state index in [1.165, 1.54) is 42.6 Å². The van der Waals surface area contributed by atoms with Crippen molar-refractivity contribution in [3.8, 4) is 11.5 Å². The summed E-state index contributed by atoms with van der Waals surface area (Å²) in [5, 5.41) is 24.1. The van der Waals surface area contributed by atoms with Gasteiger partial charge in [0.2, 0.25) is 11.8 Å². The van der Waals surface area contributed by atoms with Crippen LogP contribution in [-0.2, 0) is 20.4 Å². The number of phenolic OH excluding ortho intramolecular Hbond substituents is 2. The number of nitrogens with one attached hydrogen (secondary N) is 2. The Balaban J connectivity index is 0.000000170. The molecule has 0 fully saturated rings. The molecule has 11 heteroatoms. The third-order valence-corrected chi connectivity index (χ3v) is 9.17. The van der Waals surface area contributed by atoms with Gasteiger partial charge in [-0.2, -0.15) is 0 Å². The molecule has 7 nitrogen and oxygen atoms in total. The van der Waals surface area contributed by atoms with Gasteiger partial charge in [0.25, 0.3) is 0 Å². The van der Waals surface area contributed by atoms with E-state index in [0.717, 1.165) is 31.4 Å². The lowest BCUT2D eigenvalue weighted by atomic mass is 9.70. The van der Waals surface area contributed by atoms with Gasteiger partial charge in [-0.1, -0.05) is 68.7 Å². The minimum absolute atomic E-state index is 0.0361. The molecule has 0 radical (unpaired) electrons. The van der Waals surface area contributed by atoms with Gasteiger partial charge >= 0.3 is 0 Å². The zero-order valence-electron chi connectivity index (χ0n) is 26.2. The molecule has 2 atom stereocenters. The molecular formula is C38H31F4N3O4. The highest BCUT2D eigenvalue weighted by atomic mass is 19.2. The normalized spacial score (nSPS) is 19.0. The van der Waals surface area contributed by atoms with E-state index in [4.69, 9.17) is 0 Å². The van der Waals surface area contributed by atoms with E-state index in [-0.39, 0.29) is 28.8 Å². The molecule has 4 N–H and O–H groups in total. The number of benzene rings is 4. The molecule has 5 aromatic rings. The fourth-order valence-corrected chi connectivity index (χ4v) is 6.79. The third-order valence-electron chi connectivity index (χ3n) is 9.17. The minimum atomic E-state index is -1.38. The van der Waals surface area contributed by atoms with Crippen molar-refractivity contribution in [1.29, 1.82) is 0 Å². The summed E-state index contributed by atoms with van der Waals surface area (Å²) in [6.45, 7) is 2.06. The van der Waals surface area contributed by atoms with Gasteiger partial charge in [-0.15, -0.1) is 0 Å². The van der Waals surface area contributed by atoms with Gasteiger partial charge < -0.3 is 20.8 Å². The van der Waals surface area contributed by atoms with Crippen LogP contribution in [0.1, 0.15) is 60.4 Å². The number of phenols is 2. The lowest BCUT2D eigenvalue weighted by Gasteiger charge is -2.28. The summed E-state index contributed by atoms with van der Waals surface area (Å²) in [7, 11) is 0. The summed E-state index contributed by atoms with van der Waals surface area (Å²) in [4.78, 5) is 29.9. The Labute approximate surface area is 279 Å². The molecule has 2 unspecified atom stereocenters. The molecule has 3 heterocycles. The Hall–Kier alpha value is -5.71. The zero-order chi connectivity index (χ0) is 34.9. The quantitative estimate of drug-likeness (QED) is 0.104. The number of aromatic hydroxyl groups is 2. The largest absolute Gasteiger partial charge is 0.508 e. The SMILES string of the molecule is CCCCCC1(c2ccc(O)cc2)C(=O)Nc2c1ccc(F)c2F.O=C1Nc2c(ccc(F)c2F)C1(c1ccc(O)cc1)c1cccnc1. The summed E-state index contributed by atoms with van der Waals surface area (Å²) in [5.74, 6) is -4.89. The number of aromatic nitrogens is 1. The molecule has 4 aromatic carbocycles. The van der Waals surface area contributed by atoms with Gasteiger partial charge in [0.15, 0.2) is 23.3 Å². The summed E-state index contributed by atoms with van der Waals surface area (Å²) < 4.78 is 55.6. The van der Waals surface area contributed by atoms with Crippen LogP contribution in [0.4, 0.5) is 28.9 Å². The van der Waals surface area contributed by atoms with E-state index < -0.39 is 40.0 Å². The summed E-state index contributed by atoms with van der Waals surface area (Å²) >= 11 is 0. The summed E-state index contributed by atoms with van der Waals surface area (Å²) in [6, 6.07) is 20.7. The first kappa shape index (κ1) is 33.2. The molecule has 2 aliphatic rings. The van der Waals surface area contributed by atoms with Crippen molar-refractivity contribution < 1.29 is 37.4 Å². The Morgan fingerprint density at radius 3 is 1.78 bits per heavy atom. The van der Waals surface area contributed by atoms with Gasteiger partial charge in [-0.25, -0.2) is 17.6 Å². The number of unbranched alkanes of at least 4 members (excludes halogenated alkanes) is 2. The molecule has 0 spiro atoms. The average molecular weight is 670 g/mol. The predicted molar refractivity (Wildman–Crippen MR) is 175 cm³/mol. The van der Waals surface area contributed by atoms with Crippen LogP contribution >= 0.6 is 0 Å². The number of carbonyl (C=O) groups is 2. The lowest BCUT2D eigenvalue weighted by molar-refractivity contribution is -0.120. The maximum Gasteiger partial charge on any atom is 0.244 e. The van der Waals surface area contributed by atoms with E-state index in [0.29, 0.717) is 34.2 Å². The molecule has 0 saturated heterocycles. The van der Waals surface area contributed by atoms with Crippen LogP contribution in [0, 0.1) is 23.3 Å². The van der Waals surface area contributed by atoms with Crippen molar-refractivity contribution >= 4 is 23.2 Å². The van der Waals surface area contributed by atoms with Crippen LogP contribution in [-0.4, -0.2) is 27.0 Å². The van der Waals surface area contributed by atoms with Crippen LogP contribution in [0.15, 0.2) is 97.3 Å².